The minimum atomic E-state index is 0.279. The van der Waals surface area contributed by atoms with Crippen LogP contribution in [0.15, 0.2) is 17.0 Å². The van der Waals surface area contributed by atoms with Gasteiger partial charge in [-0.1, -0.05) is 18.9 Å². The van der Waals surface area contributed by atoms with Crippen LogP contribution >= 0.6 is 11.3 Å². The number of hydrogen-bond acceptors (Lipinski definition) is 3. The third-order valence-corrected chi connectivity index (χ3v) is 4.09. The van der Waals surface area contributed by atoms with E-state index >= 15 is 0 Å². The van der Waals surface area contributed by atoms with Crippen LogP contribution in [0.4, 0.5) is 0 Å². The van der Waals surface area contributed by atoms with Crippen LogP contribution in [0.3, 0.4) is 0 Å². The zero-order chi connectivity index (χ0) is 12.1. The Labute approximate surface area is 107 Å². The molecule has 17 heavy (non-hydrogen) atoms. The van der Waals surface area contributed by atoms with Crippen molar-refractivity contribution >= 4 is 17.1 Å². The summed E-state index contributed by atoms with van der Waals surface area (Å²) in [6.07, 6.45) is 9.64. The molecule has 1 aliphatic carbocycles. The van der Waals surface area contributed by atoms with Crippen molar-refractivity contribution in [3.63, 3.8) is 0 Å². The molecule has 1 aromatic rings. The van der Waals surface area contributed by atoms with E-state index in [0.29, 0.717) is 6.42 Å². The van der Waals surface area contributed by atoms with Crippen molar-refractivity contribution in [3.05, 3.63) is 27.7 Å². The maximum Gasteiger partial charge on any atom is 0.165 e. The van der Waals surface area contributed by atoms with Gasteiger partial charge in [0.2, 0.25) is 0 Å². The van der Waals surface area contributed by atoms with Gasteiger partial charge in [-0.3, -0.25) is 4.79 Å². The predicted octanol–water partition coefficient (Wildman–Crippen LogP) is 3.84. The highest BCUT2D eigenvalue weighted by Crippen LogP contribution is 2.20. The first-order valence-corrected chi connectivity index (χ1v) is 7.27. The number of Topliss-reactive ketones (excluding diaryl/α,β-unsaturated/α-hetero) is 1. The highest BCUT2D eigenvalue weighted by molar-refractivity contribution is 7.09. The first-order chi connectivity index (χ1) is 8.25. The van der Waals surface area contributed by atoms with E-state index in [0.717, 1.165) is 35.5 Å². The van der Waals surface area contributed by atoms with Crippen molar-refractivity contribution in [2.45, 2.75) is 51.9 Å². The predicted molar refractivity (Wildman–Crippen MR) is 71.3 cm³/mol. The molecular weight excluding hydrogens is 230 g/mol. The van der Waals surface area contributed by atoms with E-state index in [1.165, 1.54) is 19.3 Å². The Morgan fingerprint density at radius 1 is 1.35 bits per heavy atom. The minimum absolute atomic E-state index is 0.279. The molecule has 1 aliphatic rings. The largest absolute Gasteiger partial charge is 0.294 e. The fourth-order valence-corrected chi connectivity index (χ4v) is 2.95. The minimum Gasteiger partial charge on any atom is -0.294 e. The molecule has 1 aromatic heterocycles. The van der Waals surface area contributed by atoms with E-state index in [4.69, 9.17) is 0 Å². The van der Waals surface area contributed by atoms with Gasteiger partial charge in [-0.05, 0) is 38.2 Å². The molecule has 0 saturated heterocycles. The van der Waals surface area contributed by atoms with Gasteiger partial charge in [0.25, 0.3) is 0 Å². The molecule has 0 radical (unpaired) electrons. The Morgan fingerprint density at radius 2 is 2.18 bits per heavy atom. The Morgan fingerprint density at radius 3 is 2.94 bits per heavy atom. The van der Waals surface area contributed by atoms with Crippen molar-refractivity contribution < 1.29 is 4.79 Å². The van der Waals surface area contributed by atoms with Crippen molar-refractivity contribution in [1.82, 2.24) is 4.98 Å². The van der Waals surface area contributed by atoms with E-state index in [1.54, 1.807) is 11.3 Å². The molecule has 2 rings (SSSR count). The van der Waals surface area contributed by atoms with Gasteiger partial charge in [0.1, 0.15) is 5.01 Å². The highest BCUT2D eigenvalue weighted by atomic mass is 32.1. The molecule has 2 nitrogen and oxygen atoms in total. The number of carbonyl (C=O) groups is 1. The van der Waals surface area contributed by atoms with Crippen molar-refractivity contribution in [2.75, 3.05) is 0 Å². The van der Waals surface area contributed by atoms with Crippen LogP contribution in [0.1, 0.15) is 49.2 Å². The summed E-state index contributed by atoms with van der Waals surface area (Å²) in [6.45, 7) is 1.97. The zero-order valence-corrected chi connectivity index (χ0v) is 11.2. The normalized spacial score (nSPS) is 17.1. The lowest BCUT2D eigenvalue weighted by molar-refractivity contribution is -0.115. The zero-order valence-electron chi connectivity index (χ0n) is 10.4. The third kappa shape index (κ3) is 3.77. The third-order valence-electron chi connectivity index (χ3n) is 3.13. The second-order valence-corrected chi connectivity index (χ2v) is 5.61. The van der Waals surface area contributed by atoms with Crippen molar-refractivity contribution in [2.24, 2.45) is 0 Å². The van der Waals surface area contributed by atoms with E-state index in [2.05, 4.69) is 11.1 Å². The fraction of sp³-hybridized carbons (Fsp3) is 0.571. The summed E-state index contributed by atoms with van der Waals surface area (Å²) in [7, 11) is 0. The van der Waals surface area contributed by atoms with Crippen LogP contribution in [0, 0.1) is 6.92 Å². The summed E-state index contributed by atoms with van der Waals surface area (Å²) in [5, 5.41) is 2.96. The Balaban J connectivity index is 1.98. The molecule has 0 spiro atoms. The Kier molecular flexibility index (Phi) is 4.49. The first kappa shape index (κ1) is 12.5. The number of thiazole rings is 1. The van der Waals surface area contributed by atoms with Crippen LogP contribution in [0.5, 0.6) is 0 Å². The summed E-state index contributed by atoms with van der Waals surface area (Å²) in [6, 6.07) is 0. The Hall–Kier alpha value is -0.960. The average Bonchev–Trinajstić information content (AvgIpc) is 2.63. The monoisotopic (exact) mass is 249 g/mol. The standard InChI is InChI=1S/C14H19NOS/c1-11-10-17-14(15-11)9-13(16)12-7-5-3-2-4-6-8-12/h7,10H,2-6,8-9H2,1H3. The summed E-state index contributed by atoms with van der Waals surface area (Å²) in [4.78, 5) is 16.5. The highest BCUT2D eigenvalue weighted by Gasteiger charge is 2.13. The second-order valence-electron chi connectivity index (χ2n) is 4.66. The van der Waals surface area contributed by atoms with Gasteiger partial charge >= 0.3 is 0 Å². The molecule has 0 aromatic carbocycles. The van der Waals surface area contributed by atoms with Crippen LogP contribution < -0.4 is 0 Å². The van der Waals surface area contributed by atoms with Crippen molar-refractivity contribution in [3.8, 4) is 0 Å². The summed E-state index contributed by atoms with van der Waals surface area (Å²) >= 11 is 1.59. The molecule has 0 aliphatic heterocycles. The number of aryl methyl sites for hydroxylation is 1. The van der Waals surface area contributed by atoms with Crippen LogP contribution in [-0.2, 0) is 11.2 Å². The van der Waals surface area contributed by atoms with Gasteiger partial charge in [-0.25, -0.2) is 4.98 Å². The number of nitrogens with zero attached hydrogens (tertiary/aromatic N) is 1. The summed E-state index contributed by atoms with van der Waals surface area (Å²) in [5.74, 6) is 0.279. The molecule has 0 fully saturated rings. The van der Waals surface area contributed by atoms with Crippen LogP contribution in [0.2, 0.25) is 0 Å². The second kappa shape index (κ2) is 6.10. The van der Waals surface area contributed by atoms with Gasteiger partial charge in [0, 0.05) is 11.1 Å². The molecule has 3 heteroatoms. The first-order valence-electron chi connectivity index (χ1n) is 6.39. The summed E-state index contributed by atoms with van der Waals surface area (Å²) < 4.78 is 0. The molecule has 0 N–H and O–H groups in total. The molecule has 0 saturated carbocycles. The summed E-state index contributed by atoms with van der Waals surface area (Å²) in [5.41, 5.74) is 2.06. The average molecular weight is 249 g/mol. The molecule has 1 heterocycles. The van der Waals surface area contributed by atoms with Gasteiger partial charge < -0.3 is 0 Å². The SMILES string of the molecule is Cc1csc(CC(=O)C2=CCCCCCC2)n1. The quantitative estimate of drug-likeness (QED) is 0.814. The van der Waals surface area contributed by atoms with E-state index in [9.17, 15) is 4.79 Å². The van der Waals surface area contributed by atoms with Crippen LogP contribution in [-0.4, -0.2) is 10.8 Å². The van der Waals surface area contributed by atoms with Crippen LogP contribution in [0.25, 0.3) is 0 Å². The fourth-order valence-electron chi connectivity index (χ4n) is 2.18. The van der Waals surface area contributed by atoms with E-state index in [1.807, 2.05) is 12.3 Å². The molecule has 92 valence electrons. The van der Waals surface area contributed by atoms with E-state index < -0.39 is 0 Å². The number of rotatable bonds is 3. The molecule has 0 amide bonds. The lowest BCUT2D eigenvalue weighted by Crippen LogP contribution is -2.07. The number of carbonyl (C=O) groups excluding carboxylic acids is 1. The topological polar surface area (TPSA) is 30.0 Å². The number of aromatic nitrogens is 1. The van der Waals surface area contributed by atoms with Crippen molar-refractivity contribution in [1.29, 1.82) is 0 Å². The Bertz CT molecular complexity index is 420. The number of allylic oxidation sites excluding steroid dienone is 2. The lowest BCUT2D eigenvalue weighted by atomic mass is 9.96. The molecule has 0 unspecified atom stereocenters. The van der Waals surface area contributed by atoms with Gasteiger partial charge in [0.05, 0.1) is 6.42 Å². The number of hydrogen-bond donors (Lipinski definition) is 0. The van der Waals surface area contributed by atoms with Gasteiger partial charge in [0.15, 0.2) is 5.78 Å². The van der Waals surface area contributed by atoms with Gasteiger partial charge in [-0.2, -0.15) is 0 Å². The maximum atomic E-state index is 12.1. The molecule has 0 atom stereocenters. The molecular formula is C14H19NOS. The van der Waals surface area contributed by atoms with Gasteiger partial charge in [-0.15, -0.1) is 11.3 Å². The van der Waals surface area contributed by atoms with E-state index in [-0.39, 0.29) is 5.78 Å². The molecule has 0 bridgehead atoms. The maximum absolute atomic E-state index is 12.1. The number of ketones is 1. The smallest absolute Gasteiger partial charge is 0.165 e. The lowest BCUT2D eigenvalue weighted by Gasteiger charge is -2.09.